The Morgan fingerprint density at radius 3 is 2.47 bits per heavy atom. The number of carbonyl (C=O) groups excluding carboxylic acids is 2. The molecule has 176 valence electrons. The summed E-state index contributed by atoms with van der Waals surface area (Å²) in [5, 5.41) is 2.46. The van der Waals surface area contributed by atoms with E-state index < -0.39 is 35.5 Å². The summed E-state index contributed by atoms with van der Waals surface area (Å²) in [5.74, 6) is -3.77. The number of amides is 3. The summed E-state index contributed by atoms with van der Waals surface area (Å²) >= 11 is 0. The molecule has 0 fully saturated rings. The molecule has 1 aliphatic heterocycles. The highest BCUT2D eigenvalue weighted by molar-refractivity contribution is 5.99. The van der Waals surface area contributed by atoms with Crippen LogP contribution < -0.4 is 10.2 Å². The number of benzene rings is 2. The quantitative estimate of drug-likeness (QED) is 0.581. The van der Waals surface area contributed by atoms with Crippen molar-refractivity contribution in [3.05, 3.63) is 94.1 Å². The molecular weight excluding hydrogens is 445 g/mol. The van der Waals surface area contributed by atoms with E-state index >= 15 is 0 Å². The van der Waals surface area contributed by atoms with Gasteiger partial charge in [0.05, 0.1) is 18.3 Å². The predicted molar refractivity (Wildman–Crippen MR) is 121 cm³/mol. The maximum atomic E-state index is 13.9. The normalized spacial score (nSPS) is 15.4. The number of carbonyl (C=O) groups is 2. The van der Waals surface area contributed by atoms with Crippen LogP contribution in [0.25, 0.3) is 0 Å². The highest BCUT2D eigenvalue weighted by atomic mass is 19.1. The van der Waals surface area contributed by atoms with E-state index in [1.165, 1.54) is 0 Å². The molecular formula is C25H23F3N4O2. The molecule has 1 aromatic heterocycles. The van der Waals surface area contributed by atoms with Crippen LogP contribution in [-0.2, 0) is 13.1 Å². The molecule has 0 saturated heterocycles. The SMILES string of the molecule is Cc1cc(CN2C(=O)N(C)C(C)c3ccc(C(=O)NCc4c(F)cc(F)cc4F)cc32)ccn1. The fraction of sp³-hybridized carbons (Fsp3) is 0.240. The Kier molecular flexibility index (Phi) is 6.28. The number of fused-ring (bicyclic) bond motifs is 1. The highest BCUT2D eigenvalue weighted by Gasteiger charge is 2.33. The minimum atomic E-state index is -1.08. The fourth-order valence-corrected chi connectivity index (χ4v) is 3.99. The third-order valence-electron chi connectivity index (χ3n) is 5.98. The summed E-state index contributed by atoms with van der Waals surface area (Å²) in [4.78, 5) is 33.3. The summed E-state index contributed by atoms with van der Waals surface area (Å²) in [6.07, 6.45) is 1.67. The van der Waals surface area contributed by atoms with Gasteiger partial charge in [0.2, 0.25) is 0 Å². The van der Waals surface area contributed by atoms with Crippen LogP contribution in [0.15, 0.2) is 48.7 Å². The standard InChI is InChI=1S/C25H23F3N4O2/c1-14-8-16(6-7-29-14)13-32-23-9-17(4-5-19(23)15(2)31(3)25(32)34)24(33)30-12-20-21(27)10-18(26)11-22(20)28/h4-11,15H,12-13H2,1-3H3,(H,30,33). The Morgan fingerprint density at radius 1 is 1.09 bits per heavy atom. The smallest absolute Gasteiger partial charge is 0.325 e. The average molecular weight is 468 g/mol. The van der Waals surface area contributed by atoms with Gasteiger partial charge in [-0.05, 0) is 49.2 Å². The van der Waals surface area contributed by atoms with Crippen LogP contribution in [0.3, 0.4) is 0 Å². The largest absolute Gasteiger partial charge is 0.348 e. The van der Waals surface area contributed by atoms with E-state index in [9.17, 15) is 22.8 Å². The first-order valence-electron chi connectivity index (χ1n) is 10.7. The Bertz CT molecular complexity index is 1260. The third kappa shape index (κ3) is 4.46. The van der Waals surface area contributed by atoms with Crippen molar-refractivity contribution >= 4 is 17.6 Å². The summed E-state index contributed by atoms with van der Waals surface area (Å²) in [6, 6.07) is 9.35. The van der Waals surface area contributed by atoms with Gasteiger partial charge in [-0.1, -0.05) is 6.07 Å². The van der Waals surface area contributed by atoms with Crippen LogP contribution in [0.4, 0.5) is 23.7 Å². The van der Waals surface area contributed by atoms with Crippen molar-refractivity contribution in [2.24, 2.45) is 0 Å². The van der Waals surface area contributed by atoms with Crippen LogP contribution in [-0.4, -0.2) is 28.9 Å². The van der Waals surface area contributed by atoms with Gasteiger partial charge in [0, 0.05) is 48.7 Å². The lowest BCUT2D eigenvalue weighted by Gasteiger charge is -2.39. The lowest BCUT2D eigenvalue weighted by Crippen LogP contribution is -2.46. The minimum absolute atomic E-state index is 0.211. The molecule has 1 N–H and O–H groups in total. The summed E-state index contributed by atoms with van der Waals surface area (Å²) in [7, 11) is 1.72. The molecule has 1 unspecified atom stereocenters. The summed E-state index contributed by atoms with van der Waals surface area (Å²) in [5.41, 5.74) is 2.93. The second-order valence-corrected chi connectivity index (χ2v) is 8.27. The van der Waals surface area contributed by atoms with Crippen molar-refractivity contribution in [2.75, 3.05) is 11.9 Å². The Balaban J connectivity index is 1.62. The van der Waals surface area contributed by atoms with E-state index in [-0.39, 0.29) is 24.2 Å². The molecule has 0 aliphatic carbocycles. The van der Waals surface area contributed by atoms with E-state index in [0.29, 0.717) is 17.8 Å². The molecule has 3 aromatic rings. The molecule has 3 amide bonds. The number of aromatic nitrogens is 1. The first kappa shape index (κ1) is 23.3. The van der Waals surface area contributed by atoms with Crippen LogP contribution in [0.1, 0.15) is 45.7 Å². The van der Waals surface area contributed by atoms with Gasteiger partial charge in [0.1, 0.15) is 17.5 Å². The van der Waals surface area contributed by atoms with E-state index in [2.05, 4.69) is 10.3 Å². The molecule has 0 saturated carbocycles. The van der Waals surface area contributed by atoms with Crippen molar-refractivity contribution in [1.82, 2.24) is 15.2 Å². The minimum Gasteiger partial charge on any atom is -0.348 e. The molecule has 6 nitrogen and oxygen atoms in total. The molecule has 0 radical (unpaired) electrons. The second-order valence-electron chi connectivity index (χ2n) is 8.27. The molecule has 34 heavy (non-hydrogen) atoms. The number of hydrogen-bond acceptors (Lipinski definition) is 3. The maximum Gasteiger partial charge on any atom is 0.325 e. The number of pyridine rings is 1. The molecule has 4 rings (SSSR count). The highest BCUT2D eigenvalue weighted by Crippen LogP contribution is 2.37. The number of anilines is 1. The summed E-state index contributed by atoms with van der Waals surface area (Å²) in [6.45, 7) is 3.58. The van der Waals surface area contributed by atoms with Crippen molar-refractivity contribution in [2.45, 2.75) is 33.0 Å². The van der Waals surface area contributed by atoms with Crippen LogP contribution in [0.2, 0.25) is 0 Å². The molecule has 2 heterocycles. The zero-order valence-electron chi connectivity index (χ0n) is 18.9. The molecule has 0 spiro atoms. The predicted octanol–water partition coefficient (Wildman–Crippen LogP) is 4.87. The van der Waals surface area contributed by atoms with E-state index in [1.807, 2.05) is 26.0 Å². The van der Waals surface area contributed by atoms with E-state index in [4.69, 9.17) is 0 Å². The van der Waals surface area contributed by atoms with E-state index in [0.717, 1.165) is 16.8 Å². The zero-order valence-corrected chi connectivity index (χ0v) is 18.9. The number of rotatable bonds is 5. The van der Waals surface area contributed by atoms with Gasteiger partial charge in [-0.25, -0.2) is 18.0 Å². The molecule has 2 aromatic carbocycles. The Labute approximate surface area is 195 Å². The monoisotopic (exact) mass is 468 g/mol. The van der Waals surface area contributed by atoms with Crippen LogP contribution in [0.5, 0.6) is 0 Å². The molecule has 0 bridgehead atoms. The number of hydrogen-bond donors (Lipinski definition) is 1. The number of nitrogens with one attached hydrogen (secondary N) is 1. The van der Waals surface area contributed by atoms with Gasteiger partial charge in [0.15, 0.2) is 0 Å². The van der Waals surface area contributed by atoms with Gasteiger partial charge in [0.25, 0.3) is 5.91 Å². The van der Waals surface area contributed by atoms with E-state index in [1.54, 1.807) is 41.2 Å². The van der Waals surface area contributed by atoms with Crippen LogP contribution in [0, 0.1) is 24.4 Å². The van der Waals surface area contributed by atoms with Gasteiger partial charge in [-0.15, -0.1) is 0 Å². The zero-order chi connectivity index (χ0) is 24.6. The first-order valence-corrected chi connectivity index (χ1v) is 10.7. The third-order valence-corrected chi connectivity index (χ3v) is 5.98. The first-order chi connectivity index (χ1) is 16.2. The van der Waals surface area contributed by atoms with Crippen molar-refractivity contribution in [3.8, 4) is 0 Å². The van der Waals surface area contributed by atoms with Crippen molar-refractivity contribution in [1.29, 1.82) is 0 Å². The lowest BCUT2D eigenvalue weighted by molar-refractivity contribution is 0.0950. The van der Waals surface area contributed by atoms with Crippen molar-refractivity contribution < 1.29 is 22.8 Å². The second kappa shape index (κ2) is 9.17. The Morgan fingerprint density at radius 2 is 1.79 bits per heavy atom. The number of nitrogens with zero attached hydrogens (tertiary/aromatic N) is 3. The summed E-state index contributed by atoms with van der Waals surface area (Å²) < 4.78 is 41.0. The van der Waals surface area contributed by atoms with Gasteiger partial charge < -0.3 is 10.2 Å². The molecule has 1 aliphatic rings. The number of halogens is 3. The topological polar surface area (TPSA) is 65.5 Å². The maximum absolute atomic E-state index is 13.9. The molecule has 1 atom stereocenters. The van der Waals surface area contributed by atoms with Gasteiger partial charge >= 0.3 is 6.03 Å². The fourth-order valence-electron chi connectivity index (χ4n) is 3.99. The number of aryl methyl sites for hydroxylation is 1. The lowest BCUT2D eigenvalue weighted by atomic mass is 9.98. The average Bonchev–Trinajstić information content (AvgIpc) is 2.79. The Hall–Kier alpha value is -3.88. The van der Waals surface area contributed by atoms with Crippen LogP contribution >= 0.6 is 0 Å². The van der Waals surface area contributed by atoms with Gasteiger partial charge in [-0.2, -0.15) is 0 Å². The molecule has 9 heteroatoms. The van der Waals surface area contributed by atoms with Crippen molar-refractivity contribution in [3.63, 3.8) is 0 Å². The number of urea groups is 1. The van der Waals surface area contributed by atoms with Gasteiger partial charge in [-0.3, -0.25) is 14.7 Å².